The molecule has 0 fully saturated rings. The monoisotopic (exact) mass is 307 g/mol. The molecule has 0 saturated carbocycles. The quantitative estimate of drug-likeness (QED) is 0.139. The fraction of sp³-hybridized carbons (Fsp3) is 0.333. The Morgan fingerprint density at radius 1 is 1.32 bits per heavy atom. The van der Waals surface area contributed by atoms with Crippen molar-refractivity contribution in [2.24, 2.45) is 0 Å². The average Bonchev–Trinajstić information content (AvgIpc) is 2.49. The van der Waals surface area contributed by atoms with E-state index < -0.39 is 16.7 Å². The maximum absolute atomic E-state index is 11.9. The number of non-ortho nitro benzene ring substituents is 1. The summed E-state index contributed by atoms with van der Waals surface area (Å²) in [7, 11) is 0. The number of carbonyl (C=O) groups is 2. The van der Waals surface area contributed by atoms with Gasteiger partial charge in [0.15, 0.2) is 5.78 Å². The molecule has 0 radical (unpaired) electrons. The first-order valence-electron chi connectivity index (χ1n) is 6.67. The van der Waals surface area contributed by atoms with Crippen LogP contribution in [0.1, 0.15) is 19.4 Å². The van der Waals surface area contributed by atoms with Gasteiger partial charge >= 0.3 is 5.97 Å². The van der Waals surface area contributed by atoms with E-state index in [4.69, 9.17) is 9.47 Å². The van der Waals surface area contributed by atoms with Crippen molar-refractivity contribution in [3.63, 3.8) is 0 Å². The van der Waals surface area contributed by atoms with Crippen molar-refractivity contribution in [2.45, 2.75) is 13.8 Å². The fourth-order valence-corrected chi connectivity index (χ4v) is 1.61. The van der Waals surface area contributed by atoms with E-state index in [0.717, 1.165) is 0 Å². The number of esters is 1. The van der Waals surface area contributed by atoms with Gasteiger partial charge in [-0.3, -0.25) is 14.9 Å². The van der Waals surface area contributed by atoms with Gasteiger partial charge in [0.2, 0.25) is 0 Å². The van der Waals surface area contributed by atoms with E-state index in [0.29, 0.717) is 12.2 Å². The minimum atomic E-state index is -0.779. The van der Waals surface area contributed by atoms with Crippen LogP contribution in [0.25, 0.3) is 6.08 Å². The summed E-state index contributed by atoms with van der Waals surface area (Å²) in [5.74, 6) is -1.26. The van der Waals surface area contributed by atoms with Gasteiger partial charge in [0.1, 0.15) is 12.2 Å². The summed E-state index contributed by atoms with van der Waals surface area (Å²) in [5, 5.41) is 10.7. The summed E-state index contributed by atoms with van der Waals surface area (Å²) in [6.07, 6.45) is 1.28. The Balaban J connectivity index is 2.90. The Labute approximate surface area is 127 Å². The molecule has 0 aliphatic carbocycles. The predicted molar refractivity (Wildman–Crippen MR) is 79.2 cm³/mol. The summed E-state index contributed by atoms with van der Waals surface area (Å²) < 4.78 is 9.96. The topological polar surface area (TPSA) is 95.7 Å². The molecule has 7 heteroatoms. The number of rotatable bonds is 8. The zero-order valence-electron chi connectivity index (χ0n) is 12.4. The highest BCUT2D eigenvalue weighted by atomic mass is 16.6. The Hall–Kier alpha value is -2.54. The standard InChI is InChI=1S/C15H17NO6/c1-3-21-7-8-22-15(18)14(11(2)17)10-12-5-4-6-13(9-12)16(19)20/h4-6,9-10H,3,7-8H2,1-2H3/b14-10+. The highest BCUT2D eigenvalue weighted by Crippen LogP contribution is 2.16. The molecule has 118 valence electrons. The number of carbonyl (C=O) groups excluding carboxylic acids is 2. The Morgan fingerprint density at radius 2 is 2.05 bits per heavy atom. The lowest BCUT2D eigenvalue weighted by molar-refractivity contribution is -0.384. The van der Waals surface area contributed by atoms with E-state index >= 15 is 0 Å². The van der Waals surface area contributed by atoms with E-state index in [1.807, 2.05) is 6.92 Å². The number of hydrogen-bond acceptors (Lipinski definition) is 6. The third-order valence-corrected chi connectivity index (χ3v) is 2.66. The third-order valence-electron chi connectivity index (χ3n) is 2.66. The van der Waals surface area contributed by atoms with Crippen LogP contribution < -0.4 is 0 Å². The first kappa shape index (κ1) is 17.5. The van der Waals surface area contributed by atoms with Gasteiger partial charge in [-0.2, -0.15) is 0 Å². The molecule has 0 saturated heterocycles. The lowest BCUT2D eigenvalue weighted by Crippen LogP contribution is -2.16. The van der Waals surface area contributed by atoms with Gasteiger partial charge in [-0.05, 0) is 25.5 Å². The third kappa shape index (κ3) is 5.45. The summed E-state index contributed by atoms with van der Waals surface area (Å²) in [5.41, 5.74) is 0.0829. The molecular formula is C15H17NO6. The first-order chi connectivity index (χ1) is 10.5. The molecule has 1 aromatic rings. The molecule has 0 unspecified atom stereocenters. The molecule has 7 nitrogen and oxygen atoms in total. The molecule has 0 aliphatic heterocycles. The van der Waals surface area contributed by atoms with E-state index in [-0.39, 0.29) is 24.5 Å². The van der Waals surface area contributed by atoms with Gasteiger partial charge in [-0.1, -0.05) is 12.1 Å². The number of hydrogen-bond donors (Lipinski definition) is 0. The van der Waals surface area contributed by atoms with E-state index in [1.165, 1.54) is 31.2 Å². The lowest BCUT2D eigenvalue weighted by Gasteiger charge is -2.06. The molecule has 0 aromatic heterocycles. The molecular weight excluding hydrogens is 290 g/mol. The molecule has 22 heavy (non-hydrogen) atoms. The molecule has 0 N–H and O–H groups in total. The van der Waals surface area contributed by atoms with Gasteiger partial charge in [-0.25, -0.2) is 4.79 Å². The summed E-state index contributed by atoms with van der Waals surface area (Å²) in [4.78, 5) is 33.6. The van der Waals surface area contributed by atoms with Crippen LogP contribution in [-0.4, -0.2) is 36.5 Å². The smallest absolute Gasteiger partial charge is 0.341 e. The first-order valence-corrected chi connectivity index (χ1v) is 6.67. The van der Waals surface area contributed by atoms with E-state index in [9.17, 15) is 19.7 Å². The van der Waals surface area contributed by atoms with Crippen LogP contribution in [0.5, 0.6) is 0 Å². The van der Waals surface area contributed by atoms with E-state index in [2.05, 4.69) is 0 Å². The van der Waals surface area contributed by atoms with Gasteiger partial charge in [0.25, 0.3) is 5.69 Å². The van der Waals surface area contributed by atoms with Crippen LogP contribution in [0.3, 0.4) is 0 Å². The van der Waals surface area contributed by atoms with Crippen LogP contribution in [0.15, 0.2) is 29.8 Å². The van der Waals surface area contributed by atoms with Crippen molar-refractivity contribution in [3.8, 4) is 0 Å². The van der Waals surface area contributed by atoms with Crippen LogP contribution in [0.4, 0.5) is 5.69 Å². The lowest BCUT2D eigenvalue weighted by atomic mass is 10.1. The maximum atomic E-state index is 11.9. The highest BCUT2D eigenvalue weighted by molar-refractivity contribution is 6.19. The number of nitro groups is 1. The zero-order chi connectivity index (χ0) is 16.5. The highest BCUT2D eigenvalue weighted by Gasteiger charge is 2.16. The fourth-order valence-electron chi connectivity index (χ4n) is 1.61. The molecule has 0 spiro atoms. The minimum Gasteiger partial charge on any atom is -0.460 e. The number of ketones is 1. The molecule has 0 amide bonds. The van der Waals surface area contributed by atoms with Crippen molar-refractivity contribution in [1.82, 2.24) is 0 Å². The molecule has 0 bridgehead atoms. The van der Waals surface area contributed by atoms with Crippen molar-refractivity contribution in [1.29, 1.82) is 0 Å². The van der Waals surface area contributed by atoms with Crippen molar-refractivity contribution in [2.75, 3.05) is 19.8 Å². The number of benzene rings is 1. The molecule has 1 rings (SSSR count). The predicted octanol–water partition coefficient (Wildman–Crippen LogP) is 2.15. The van der Waals surface area contributed by atoms with Crippen LogP contribution in [0, 0.1) is 10.1 Å². The van der Waals surface area contributed by atoms with Gasteiger partial charge in [0, 0.05) is 18.7 Å². The van der Waals surface area contributed by atoms with Crippen molar-refractivity contribution >= 4 is 23.5 Å². The van der Waals surface area contributed by atoms with Gasteiger partial charge < -0.3 is 9.47 Å². The maximum Gasteiger partial charge on any atom is 0.341 e. The van der Waals surface area contributed by atoms with Crippen LogP contribution in [0.2, 0.25) is 0 Å². The Morgan fingerprint density at radius 3 is 2.64 bits per heavy atom. The van der Waals surface area contributed by atoms with Crippen LogP contribution >= 0.6 is 0 Å². The normalized spacial score (nSPS) is 11.1. The zero-order valence-corrected chi connectivity index (χ0v) is 12.4. The van der Waals surface area contributed by atoms with Gasteiger partial charge in [-0.15, -0.1) is 0 Å². The molecule has 1 aromatic carbocycles. The molecule has 0 atom stereocenters. The molecule has 0 aliphatic rings. The second-order valence-electron chi connectivity index (χ2n) is 4.30. The van der Waals surface area contributed by atoms with Gasteiger partial charge in [0.05, 0.1) is 11.5 Å². The number of nitrogens with zero attached hydrogens (tertiary/aromatic N) is 1. The second kappa shape index (κ2) is 8.68. The Kier molecular flexibility index (Phi) is 6.91. The van der Waals surface area contributed by atoms with Crippen molar-refractivity contribution < 1.29 is 24.0 Å². The minimum absolute atomic E-state index is 0.0340. The van der Waals surface area contributed by atoms with E-state index in [1.54, 1.807) is 6.07 Å². The largest absolute Gasteiger partial charge is 0.460 e. The summed E-state index contributed by atoms with van der Waals surface area (Å²) >= 11 is 0. The SMILES string of the molecule is CCOCCOC(=O)/C(=C/c1cccc([N+](=O)[O-])c1)C(C)=O. The number of nitro benzene ring substituents is 1. The summed E-state index contributed by atoms with van der Waals surface area (Å²) in [6.45, 7) is 3.81. The number of ether oxygens (including phenoxy) is 2. The van der Waals surface area contributed by atoms with Crippen molar-refractivity contribution in [3.05, 3.63) is 45.5 Å². The summed E-state index contributed by atoms with van der Waals surface area (Å²) in [6, 6.07) is 5.63. The second-order valence-corrected chi connectivity index (χ2v) is 4.30. The average molecular weight is 307 g/mol. The number of Topliss-reactive ketones (excluding diaryl/α,β-unsaturated/α-hetero) is 1. The van der Waals surface area contributed by atoms with Crippen LogP contribution in [-0.2, 0) is 19.1 Å². The Bertz CT molecular complexity index is 593. The molecule has 0 heterocycles.